The van der Waals surface area contributed by atoms with Gasteiger partial charge in [0.15, 0.2) is 11.5 Å². The molecule has 0 heterocycles. The zero-order valence-corrected chi connectivity index (χ0v) is 8.76. The van der Waals surface area contributed by atoms with E-state index in [-0.39, 0.29) is 6.54 Å². The summed E-state index contributed by atoms with van der Waals surface area (Å²) in [6.45, 7) is 0.208. The van der Waals surface area contributed by atoms with E-state index in [2.05, 4.69) is 0 Å². The minimum atomic E-state index is 0.208. The summed E-state index contributed by atoms with van der Waals surface area (Å²) in [5.74, 6) is 1.11. The van der Waals surface area contributed by atoms with Gasteiger partial charge in [0.2, 0.25) is 0 Å². The van der Waals surface area contributed by atoms with Crippen LogP contribution in [-0.2, 0) is 6.54 Å². The molecule has 2 N–H and O–H groups in total. The summed E-state index contributed by atoms with van der Waals surface area (Å²) in [5.41, 5.74) is 2.69. The van der Waals surface area contributed by atoms with Crippen molar-refractivity contribution >= 4 is 11.6 Å². The van der Waals surface area contributed by atoms with Gasteiger partial charge in [0.05, 0.1) is 20.8 Å². The van der Waals surface area contributed by atoms with Crippen molar-refractivity contribution in [1.82, 2.24) is 5.48 Å². The topological polar surface area (TPSA) is 50.7 Å². The Bertz CT molecular complexity index is 317. The Morgan fingerprint density at radius 3 is 2.57 bits per heavy atom. The minimum absolute atomic E-state index is 0.208. The van der Waals surface area contributed by atoms with E-state index in [4.69, 9.17) is 26.3 Å². The molecule has 0 unspecified atom stereocenters. The zero-order valence-electron chi connectivity index (χ0n) is 8.00. The quantitative estimate of drug-likeness (QED) is 0.756. The van der Waals surface area contributed by atoms with Gasteiger partial charge in [-0.25, -0.2) is 5.48 Å². The van der Waals surface area contributed by atoms with Gasteiger partial charge in [0.25, 0.3) is 0 Å². The maximum atomic E-state index is 8.62. The highest BCUT2D eigenvalue weighted by molar-refractivity contribution is 6.31. The Labute approximate surface area is 87.4 Å². The highest BCUT2D eigenvalue weighted by Crippen LogP contribution is 2.35. The van der Waals surface area contributed by atoms with Crippen molar-refractivity contribution in [3.8, 4) is 11.5 Å². The van der Waals surface area contributed by atoms with E-state index in [0.29, 0.717) is 22.1 Å². The summed E-state index contributed by atoms with van der Waals surface area (Å²) in [7, 11) is 3.07. The monoisotopic (exact) mass is 217 g/mol. The van der Waals surface area contributed by atoms with Crippen molar-refractivity contribution in [1.29, 1.82) is 0 Å². The SMILES string of the molecule is COc1ccc(Cl)c(CNO)c1OC. The molecule has 0 atom stereocenters. The molecule has 0 radical (unpaired) electrons. The normalized spacial score (nSPS) is 10.0. The van der Waals surface area contributed by atoms with Crippen LogP contribution in [0.3, 0.4) is 0 Å². The van der Waals surface area contributed by atoms with Crippen LogP contribution in [-0.4, -0.2) is 19.4 Å². The predicted octanol–water partition coefficient (Wildman–Crippen LogP) is 1.84. The van der Waals surface area contributed by atoms with Crippen molar-refractivity contribution in [2.24, 2.45) is 0 Å². The van der Waals surface area contributed by atoms with Crippen LogP contribution >= 0.6 is 11.6 Å². The van der Waals surface area contributed by atoms with E-state index in [9.17, 15) is 0 Å². The molecule has 78 valence electrons. The first-order valence-electron chi connectivity index (χ1n) is 4.01. The Morgan fingerprint density at radius 1 is 1.36 bits per heavy atom. The summed E-state index contributed by atoms with van der Waals surface area (Å²) in [6.07, 6.45) is 0. The molecule has 0 aliphatic rings. The summed E-state index contributed by atoms with van der Waals surface area (Å²) < 4.78 is 10.2. The van der Waals surface area contributed by atoms with Gasteiger partial charge in [-0.15, -0.1) is 0 Å². The number of hydrogen-bond donors (Lipinski definition) is 2. The van der Waals surface area contributed by atoms with Crippen molar-refractivity contribution in [2.45, 2.75) is 6.54 Å². The fraction of sp³-hybridized carbons (Fsp3) is 0.333. The standard InChI is InChI=1S/C9H12ClNO3/c1-13-8-4-3-7(10)6(5-11-12)9(8)14-2/h3-4,11-12H,5H2,1-2H3. The van der Waals surface area contributed by atoms with Crippen LogP contribution in [0.2, 0.25) is 5.02 Å². The molecule has 1 aromatic rings. The molecule has 0 bridgehead atoms. The number of hydroxylamine groups is 1. The lowest BCUT2D eigenvalue weighted by molar-refractivity contribution is 0.160. The average molecular weight is 218 g/mol. The zero-order chi connectivity index (χ0) is 10.6. The lowest BCUT2D eigenvalue weighted by Crippen LogP contribution is -2.08. The molecule has 0 aromatic heterocycles. The second-order valence-electron chi connectivity index (χ2n) is 2.60. The smallest absolute Gasteiger partial charge is 0.166 e. The Balaban J connectivity index is 3.20. The average Bonchev–Trinajstić information content (AvgIpc) is 2.21. The van der Waals surface area contributed by atoms with E-state index < -0.39 is 0 Å². The first-order valence-corrected chi connectivity index (χ1v) is 4.38. The van der Waals surface area contributed by atoms with E-state index >= 15 is 0 Å². The van der Waals surface area contributed by atoms with Gasteiger partial charge in [-0.05, 0) is 12.1 Å². The van der Waals surface area contributed by atoms with Crippen molar-refractivity contribution < 1.29 is 14.7 Å². The molecule has 1 aromatic carbocycles. The van der Waals surface area contributed by atoms with E-state index in [0.717, 1.165) is 0 Å². The molecule has 5 heteroatoms. The van der Waals surface area contributed by atoms with E-state index in [1.54, 1.807) is 19.2 Å². The maximum Gasteiger partial charge on any atom is 0.166 e. The third-order valence-electron chi connectivity index (χ3n) is 1.85. The van der Waals surface area contributed by atoms with Gasteiger partial charge in [-0.3, -0.25) is 0 Å². The fourth-order valence-corrected chi connectivity index (χ4v) is 1.43. The Morgan fingerprint density at radius 2 is 2.07 bits per heavy atom. The van der Waals surface area contributed by atoms with Crippen molar-refractivity contribution in [3.05, 3.63) is 22.7 Å². The van der Waals surface area contributed by atoms with Gasteiger partial charge in [0, 0.05) is 10.6 Å². The third kappa shape index (κ3) is 2.09. The molecule has 4 nitrogen and oxygen atoms in total. The van der Waals surface area contributed by atoms with Crippen molar-refractivity contribution in [2.75, 3.05) is 14.2 Å². The van der Waals surface area contributed by atoms with Crippen LogP contribution in [0.15, 0.2) is 12.1 Å². The first-order chi connectivity index (χ1) is 6.74. The fourth-order valence-electron chi connectivity index (χ4n) is 1.21. The largest absolute Gasteiger partial charge is 0.493 e. The van der Waals surface area contributed by atoms with E-state index in [1.165, 1.54) is 7.11 Å². The minimum Gasteiger partial charge on any atom is -0.493 e. The molecule has 0 amide bonds. The van der Waals surface area contributed by atoms with E-state index in [1.807, 2.05) is 5.48 Å². The number of nitrogens with one attached hydrogen (secondary N) is 1. The van der Waals surface area contributed by atoms with Gasteiger partial charge in [-0.1, -0.05) is 11.6 Å². The number of benzene rings is 1. The molecule has 0 saturated carbocycles. The van der Waals surface area contributed by atoms with Crippen LogP contribution in [0.4, 0.5) is 0 Å². The molecule has 0 aliphatic heterocycles. The highest BCUT2D eigenvalue weighted by Gasteiger charge is 2.12. The molecule has 14 heavy (non-hydrogen) atoms. The van der Waals surface area contributed by atoms with Gasteiger partial charge in [-0.2, -0.15) is 0 Å². The lowest BCUT2D eigenvalue weighted by atomic mass is 10.2. The number of halogens is 1. The molecule has 0 fully saturated rings. The number of rotatable bonds is 4. The molecular formula is C9H12ClNO3. The Kier molecular flexibility index (Phi) is 4.00. The van der Waals surface area contributed by atoms with Crippen LogP contribution in [0.1, 0.15) is 5.56 Å². The molecule has 0 saturated heterocycles. The highest BCUT2D eigenvalue weighted by atomic mass is 35.5. The Hall–Kier alpha value is -0.970. The van der Waals surface area contributed by atoms with Crippen LogP contribution in [0.25, 0.3) is 0 Å². The predicted molar refractivity (Wildman–Crippen MR) is 53.2 cm³/mol. The second kappa shape index (κ2) is 5.05. The summed E-state index contributed by atoms with van der Waals surface area (Å²) in [5, 5.41) is 9.14. The van der Waals surface area contributed by atoms with Gasteiger partial charge >= 0.3 is 0 Å². The van der Waals surface area contributed by atoms with Crippen LogP contribution in [0, 0.1) is 0 Å². The number of hydrogen-bond acceptors (Lipinski definition) is 4. The van der Waals surface area contributed by atoms with Crippen molar-refractivity contribution in [3.63, 3.8) is 0 Å². The lowest BCUT2D eigenvalue weighted by Gasteiger charge is -2.13. The third-order valence-corrected chi connectivity index (χ3v) is 2.20. The molecule has 0 spiro atoms. The number of methoxy groups -OCH3 is 2. The first kappa shape index (κ1) is 11.1. The summed E-state index contributed by atoms with van der Waals surface area (Å²) >= 11 is 5.93. The summed E-state index contributed by atoms with van der Waals surface area (Å²) in [6, 6.07) is 3.40. The molecule has 1 rings (SSSR count). The molecular weight excluding hydrogens is 206 g/mol. The van der Waals surface area contributed by atoms with Gasteiger partial charge in [0.1, 0.15) is 0 Å². The van der Waals surface area contributed by atoms with Crippen LogP contribution < -0.4 is 15.0 Å². The molecule has 0 aliphatic carbocycles. The maximum absolute atomic E-state index is 8.62. The second-order valence-corrected chi connectivity index (χ2v) is 3.00. The summed E-state index contributed by atoms with van der Waals surface area (Å²) in [4.78, 5) is 0. The number of ether oxygens (including phenoxy) is 2. The van der Waals surface area contributed by atoms with Crippen LogP contribution in [0.5, 0.6) is 11.5 Å². The van der Waals surface area contributed by atoms with Gasteiger partial charge < -0.3 is 14.7 Å².